The van der Waals surface area contributed by atoms with Gasteiger partial charge in [0.2, 0.25) is 5.88 Å². The summed E-state index contributed by atoms with van der Waals surface area (Å²) >= 11 is 0. The van der Waals surface area contributed by atoms with Crippen molar-refractivity contribution >= 4 is 11.6 Å². The van der Waals surface area contributed by atoms with Crippen LogP contribution in [0.1, 0.15) is 28.4 Å². The molecule has 25 heavy (non-hydrogen) atoms. The number of rotatable bonds is 6. The van der Waals surface area contributed by atoms with Crippen LogP contribution >= 0.6 is 0 Å². The highest BCUT2D eigenvalue weighted by atomic mass is 16.5. The number of carbonyl (C=O) groups excluding carboxylic acids is 1. The SMILES string of the molecule is CCOc1ncccc1C(=O)Nc1ccccc1Cc1ccccc1. The van der Waals surface area contributed by atoms with Crippen molar-refractivity contribution in [3.05, 3.63) is 89.6 Å². The first-order chi connectivity index (χ1) is 12.3. The van der Waals surface area contributed by atoms with Crippen LogP contribution in [-0.4, -0.2) is 17.5 Å². The summed E-state index contributed by atoms with van der Waals surface area (Å²) in [6, 6.07) is 21.4. The smallest absolute Gasteiger partial charge is 0.261 e. The molecule has 2 aromatic carbocycles. The number of carbonyl (C=O) groups is 1. The number of ether oxygens (including phenoxy) is 1. The third-order valence-corrected chi connectivity index (χ3v) is 3.80. The summed E-state index contributed by atoms with van der Waals surface area (Å²) in [5, 5.41) is 2.99. The predicted octanol–water partition coefficient (Wildman–Crippen LogP) is 4.32. The Labute approximate surface area is 147 Å². The Morgan fingerprint density at radius 3 is 2.56 bits per heavy atom. The number of hydrogen-bond acceptors (Lipinski definition) is 3. The Morgan fingerprint density at radius 2 is 1.76 bits per heavy atom. The summed E-state index contributed by atoms with van der Waals surface area (Å²) in [6.07, 6.45) is 2.37. The fraction of sp³-hybridized carbons (Fsp3) is 0.143. The molecule has 0 aliphatic carbocycles. The van der Waals surface area contributed by atoms with E-state index in [0.717, 1.165) is 17.7 Å². The molecule has 1 amide bonds. The number of anilines is 1. The van der Waals surface area contributed by atoms with E-state index in [2.05, 4.69) is 22.4 Å². The lowest BCUT2D eigenvalue weighted by atomic mass is 10.0. The molecule has 0 atom stereocenters. The summed E-state index contributed by atoms with van der Waals surface area (Å²) in [6.45, 7) is 2.33. The van der Waals surface area contributed by atoms with Crippen molar-refractivity contribution in [2.45, 2.75) is 13.3 Å². The van der Waals surface area contributed by atoms with Gasteiger partial charge in [0.15, 0.2) is 0 Å². The molecule has 0 aliphatic heterocycles. The average molecular weight is 332 g/mol. The van der Waals surface area contributed by atoms with E-state index in [4.69, 9.17) is 4.74 Å². The van der Waals surface area contributed by atoms with E-state index in [-0.39, 0.29) is 5.91 Å². The maximum atomic E-state index is 12.7. The van der Waals surface area contributed by atoms with Gasteiger partial charge in [0.25, 0.3) is 5.91 Å². The Balaban J connectivity index is 1.83. The molecule has 0 bridgehead atoms. The van der Waals surface area contributed by atoms with Crippen molar-refractivity contribution in [1.29, 1.82) is 0 Å². The lowest BCUT2D eigenvalue weighted by molar-refractivity contribution is 0.102. The molecule has 0 saturated heterocycles. The van der Waals surface area contributed by atoms with Crippen LogP contribution in [0.15, 0.2) is 72.9 Å². The molecule has 0 aliphatic rings. The normalized spacial score (nSPS) is 10.3. The minimum atomic E-state index is -0.225. The third-order valence-electron chi connectivity index (χ3n) is 3.80. The van der Waals surface area contributed by atoms with Gasteiger partial charge in [0.05, 0.1) is 6.61 Å². The second-order valence-corrected chi connectivity index (χ2v) is 5.56. The molecule has 0 unspecified atom stereocenters. The van der Waals surface area contributed by atoms with E-state index in [1.54, 1.807) is 18.3 Å². The maximum absolute atomic E-state index is 12.7. The number of nitrogens with zero attached hydrogens (tertiary/aromatic N) is 1. The molecular formula is C21H20N2O2. The van der Waals surface area contributed by atoms with Gasteiger partial charge in [0, 0.05) is 11.9 Å². The molecule has 3 rings (SSSR count). The number of amides is 1. The fourth-order valence-corrected chi connectivity index (χ4v) is 2.62. The molecular weight excluding hydrogens is 312 g/mol. The van der Waals surface area contributed by atoms with Crippen LogP contribution in [0.3, 0.4) is 0 Å². The zero-order chi connectivity index (χ0) is 17.5. The van der Waals surface area contributed by atoms with E-state index >= 15 is 0 Å². The van der Waals surface area contributed by atoms with Gasteiger partial charge in [-0.3, -0.25) is 4.79 Å². The van der Waals surface area contributed by atoms with Gasteiger partial charge in [-0.05, 0) is 42.7 Å². The van der Waals surface area contributed by atoms with Crippen molar-refractivity contribution < 1.29 is 9.53 Å². The molecule has 1 aromatic heterocycles. The number of benzene rings is 2. The van der Waals surface area contributed by atoms with Gasteiger partial charge in [0.1, 0.15) is 5.56 Å². The zero-order valence-electron chi connectivity index (χ0n) is 14.1. The monoisotopic (exact) mass is 332 g/mol. The van der Waals surface area contributed by atoms with E-state index in [1.165, 1.54) is 5.56 Å². The Kier molecular flexibility index (Phi) is 5.42. The van der Waals surface area contributed by atoms with E-state index in [0.29, 0.717) is 18.1 Å². The van der Waals surface area contributed by atoms with Gasteiger partial charge < -0.3 is 10.1 Å². The van der Waals surface area contributed by atoms with Gasteiger partial charge in [-0.1, -0.05) is 48.5 Å². The van der Waals surface area contributed by atoms with Gasteiger partial charge in [-0.15, -0.1) is 0 Å². The highest BCUT2D eigenvalue weighted by Crippen LogP contribution is 2.22. The minimum absolute atomic E-state index is 0.225. The van der Waals surface area contributed by atoms with Crippen LogP contribution in [0.5, 0.6) is 5.88 Å². The van der Waals surface area contributed by atoms with Crippen LogP contribution in [-0.2, 0) is 6.42 Å². The fourth-order valence-electron chi connectivity index (χ4n) is 2.62. The lowest BCUT2D eigenvalue weighted by Gasteiger charge is -2.13. The number of nitrogens with one attached hydrogen (secondary N) is 1. The van der Waals surface area contributed by atoms with Crippen molar-refractivity contribution in [2.75, 3.05) is 11.9 Å². The molecule has 126 valence electrons. The van der Waals surface area contributed by atoms with Crippen LogP contribution in [0.25, 0.3) is 0 Å². The first-order valence-corrected chi connectivity index (χ1v) is 8.29. The zero-order valence-corrected chi connectivity index (χ0v) is 14.1. The second kappa shape index (κ2) is 8.11. The van der Waals surface area contributed by atoms with Crippen molar-refractivity contribution in [3.63, 3.8) is 0 Å². The van der Waals surface area contributed by atoms with Crippen LogP contribution in [0.4, 0.5) is 5.69 Å². The summed E-state index contributed by atoms with van der Waals surface area (Å²) in [4.78, 5) is 16.8. The Hall–Kier alpha value is -3.14. The van der Waals surface area contributed by atoms with E-state index < -0.39 is 0 Å². The molecule has 0 saturated carbocycles. The molecule has 0 radical (unpaired) electrons. The standard InChI is InChI=1S/C21H20N2O2/c1-2-25-21-18(12-8-14-22-21)20(24)23-19-13-7-6-11-17(19)15-16-9-4-3-5-10-16/h3-14H,2,15H2,1H3,(H,23,24). The van der Waals surface area contributed by atoms with Crippen LogP contribution in [0.2, 0.25) is 0 Å². The van der Waals surface area contributed by atoms with Crippen molar-refractivity contribution in [1.82, 2.24) is 4.98 Å². The molecule has 4 nitrogen and oxygen atoms in total. The molecule has 0 spiro atoms. The van der Waals surface area contributed by atoms with Crippen molar-refractivity contribution in [3.8, 4) is 5.88 Å². The molecule has 1 heterocycles. The number of pyridine rings is 1. The largest absolute Gasteiger partial charge is 0.477 e. The topological polar surface area (TPSA) is 51.2 Å². The third kappa shape index (κ3) is 4.23. The number of para-hydroxylation sites is 1. The second-order valence-electron chi connectivity index (χ2n) is 5.56. The molecule has 1 N–H and O–H groups in total. The van der Waals surface area contributed by atoms with Crippen molar-refractivity contribution in [2.24, 2.45) is 0 Å². The van der Waals surface area contributed by atoms with Gasteiger partial charge >= 0.3 is 0 Å². The van der Waals surface area contributed by atoms with Gasteiger partial charge in [-0.2, -0.15) is 0 Å². The summed E-state index contributed by atoms with van der Waals surface area (Å²) in [7, 11) is 0. The minimum Gasteiger partial charge on any atom is -0.477 e. The Bertz CT molecular complexity index is 847. The van der Waals surface area contributed by atoms with Crippen LogP contribution < -0.4 is 10.1 Å². The van der Waals surface area contributed by atoms with E-state index in [9.17, 15) is 4.79 Å². The van der Waals surface area contributed by atoms with Crippen LogP contribution in [0, 0.1) is 0 Å². The summed E-state index contributed by atoms with van der Waals surface area (Å²) in [5.74, 6) is 0.125. The maximum Gasteiger partial charge on any atom is 0.261 e. The molecule has 0 fully saturated rings. The average Bonchev–Trinajstić information content (AvgIpc) is 2.65. The lowest BCUT2D eigenvalue weighted by Crippen LogP contribution is -2.15. The Morgan fingerprint density at radius 1 is 1.00 bits per heavy atom. The summed E-state index contributed by atoms with van der Waals surface area (Å²) in [5.41, 5.74) is 3.48. The first kappa shape index (κ1) is 16.7. The number of hydrogen-bond donors (Lipinski definition) is 1. The number of aromatic nitrogens is 1. The predicted molar refractivity (Wildman–Crippen MR) is 99.0 cm³/mol. The molecule has 3 aromatic rings. The quantitative estimate of drug-likeness (QED) is 0.731. The van der Waals surface area contributed by atoms with E-state index in [1.807, 2.05) is 49.4 Å². The highest BCUT2D eigenvalue weighted by molar-refractivity contribution is 6.06. The molecule has 4 heteroatoms. The first-order valence-electron chi connectivity index (χ1n) is 8.29. The summed E-state index contributed by atoms with van der Waals surface area (Å²) < 4.78 is 5.45. The van der Waals surface area contributed by atoms with Gasteiger partial charge in [-0.25, -0.2) is 4.98 Å². The highest BCUT2D eigenvalue weighted by Gasteiger charge is 2.15.